The van der Waals surface area contributed by atoms with Crippen LogP contribution in [-0.2, 0) is 10.0 Å². The van der Waals surface area contributed by atoms with Gasteiger partial charge >= 0.3 is 13.0 Å². The Balaban J connectivity index is 2.37. The Labute approximate surface area is 150 Å². The lowest BCUT2D eigenvalue weighted by atomic mass is 10.3. The standard InChI is InChI=1S/C15H12F5NO5S/c1-24-10-7-6-9(8-12(10)25-14(16)17)21-27(22,23)13-5-3-2-4-11(13)26-15(18,19)20/h2-8,14,21H,1H3. The van der Waals surface area contributed by atoms with E-state index < -0.39 is 39.4 Å². The summed E-state index contributed by atoms with van der Waals surface area (Å²) in [6, 6.07) is 7.26. The summed E-state index contributed by atoms with van der Waals surface area (Å²) in [7, 11) is -3.36. The van der Waals surface area contributed by atoms with Gasteiger partial charge in [-0.2, -0.15) is 8.78 Å². The maximum atomic E-state index is 12.5. The number of benzene rings is 2. The van der Waals surface area contributed by atoms with E-state index in [1.54, 1.807) is 0 Å². The number of rotatable bonds is 7. The van der Waals surface area contributed by atoms with Crippen LogP contribution in [0.3, 0.4) is 0 Å². The smallest absolute Gasteiger partial charge is 0.493 e. The van der Waals surface area contributed by atoms with Crippen molar-refractivity contribution in [3.63, 3.8) is 0 Å². The summed E-state index contributed by atoms with van der Waals surface area (Å²) in [6.45, 7) is -3.20. The normalized spacial score (nSPS) is 12.0. The topological polar surface area (TPSA) is 73.9 Å². The maximum absolute atomic E-state index is 12.5. The molecule has 2 aromatic carbocycles. The molecule has 0 heterocycles. The van der Waals surface area contributed by atoms with Crippen molar-refractivity contribution in [1.29, 1.82) is 0 Å². The molecule has 0 amide bonds. The second-order valence-electron chi connectivity index (χ2n) is 4.84. The predicted molar refractivity (Wildman–Crippen MR) is 83.6 cm³/mol. The molecular formula is C15H12F5NO5S. The van der Waals surface area contributed by atoms with Crippen molar-refractivity contribution in [2.75, 3.05) is 11.8 Å². The zero-order valence-electron chi connectivity index (χ0n) is 13.5. The Morgan fingerprint density at radius 2 is 1.67 bits per heavy atom. The van der Waals surface area contributed by atoms with Gasteiger partial charge in [0.15, 0.2) is 11.5 Å². The average molecular weight is 413 g/mol. The molecule has 0 radical (unpaired) electrons. The number of alkyl halides is 5. The van der Waals surface area contributed by atoms with Gasteiger partial charge in [0.25, 0.3) is 10.0 Å². The lowest BCUT2D eigenvalue weighted by molar-refractivity contribution is -0.275. The Kier molecular flexibility index (Phi) is 5.98. The summed E-state index contributed by atoms with van der Waals surface area (Å²) in [5.74, 6) is -1.51. The first-order valence-corrected chi connectivity index (χ1v) is 8.50. The molecule has 2 aromatic rings. The fraction of sp³-hybridized carbons (Fsp3) is 0.200. The number of halogens is 5. The molecule has 2 rings (SSSR count). The van der Waals surface area contributed by atoms with Crippen LogP contribution in [0.1, 0.15) is 0 Å². The SMILES string of the molecule is COc1ccc(NS(=O)(=O)c2ccccc2OC(F)(F)F)cc1OC(F)F. The Hall–Kier alpha value is -2.76. The monoisotopic (exact) mass is 413 g/mol. The highest BCUT2D eigenvalue weighted by Gasteiger charge is 2.34. The first kappa shape index (κ1) is 20.6. The zero-order valence-corrected chi connectivity index (χ0v) is 14.3. The highest BCUT2D eigenvalue weighted by molar-refractivity contribution is 7.92. The highest BCUT2D eigenvalue weighted by atomic mass is 32.2. The molecule has 6 nitrogen and oxygen atoms in total. The van der Waals surface area contributed by atoms with Crippen molar-refractivity contribution in [3.05, 3.63) is 42.5 Å². The third-order valence-electron chi connectivity index (χ3n) is 3.00. The van der Waals surface area contributed by atoms with Crippen LogP contribution in [0.25, 0.3) is 0 Å². The van der Waals surface area contributed by atoms with Crippen LogP contribution in [0, 0.1) is 0 Å². The van der Waals surface area contributed by atoms with Crippen LogP contribution in [0.5, 0.6) is 17.2 Å². The van der Waals surface area contributed by atoms with E-state index >= 15 is 0 Å². The Morgan fingerprint density at radius 1 is 1.00 bits per heavy atom. The van der Waals surface area contributed by atoms with Gasteiger partial charge in [-0.3, -0.25) is 4.72 Å². The molecule has 0 bridgehead atoms. The molecule has 148 valence electrons. The van der Waals surface area contributed by atoms with E-state index in [-0.39, 0.29) is 11.4 Å². The van der Waals surface area contributed by atoms with Crippen molar-refractivity contribution in [3.8, 4) is 17.2 Å². The molecule has 0 aromatic heterocycles. The first-order chi connectivity index (χ1) is 12.5. The number of para-hydroxylation sites is 1. The van der Waals surface area contributed by atoms with E-state index in [0.29, 0.717) is 0 Å². The molecule has 0 atom stereocenters. The van der Waals surface area contributed by atoms with Crippen LogP contribution in [0.15, 0.2) is 47.4 Å². The molecule has 0 fully saturated rings. The molecule has 0 spiro atoms. The minimum Gasteiger partial charge on any atom is -0.493 e. The zero-order chi connectivity index (χ0) is 20.2. The number of ether oxygens (including phenoxy) is 3. The third-order valence-corrected chi connectivity index (χ3v) is 4.42. The van der Waals surface area contributed by atoms with E-state index in [1.807, 2.05) is 4.72 Å². The minimum absolute atomic E-state index is 0.0981. The van der Waals surface area contributed by atoms with Crippen LogP contribution < -0.4 is 18.9 Å². The second kappa shape index (κ2) is 7.86. The molecule has 0 saturated heterocycles. The number of nitrogens with one attached hydrogen (secondary N) is 1. The van der Waals surface area contributed by atoms with Gasteiger partial charge in [-0.05, 0) is 24.3 Å². The van der Waals surface area contributed by atoms with Gasteiger partial charge in [-0.1, -0.05) is 12.1 Å². The molecule has 0 unspecified atom stereocenters. The summed E-state index contributed by atoms with van der Waals surface area (Å²) >= 11 is 0. The molecule has 0 aliphatic rings. The summed E-state index contributed by atoms with van der Waals surface area (Å²) in [4.78, 5) is -0.797. The van der Waals surface area contributed by atoms with Crippen LogP contribution in [-0.4, -0.2) is 28.5 Å². The summed E-state index contributed by atoms with van der Waals surface area (Å²) < 4.78 is 102. The van der Waals surface area contributed by atoms with Gasteiger partial charge in [-0.15, -0.1) is 13.2 Å². The van der Waals surface area contributed by atoms with E-state index in [9.17, 15) is 30.4 Å². The molecule has 1 N–H and O–H groups in total. The first-order valence-electron chi connectivity index (χ1n) is 7.02. The van der Waals surface area contributed by atoms with Crippen LogP contribution in [0.2, 0.25) is 0 Å². The van der Waals surface area contributed by atoms with Crippen molar-refractivity contribution < 1.29 is 44.6 Å². The molecule has 0 aliphatic carbocycles. The van der Waals surface area contributed by atoms with Gasteiger partial charge in [0, 0.05) is 6.07 Å². The van der Waals surface area contributed by atoms with E-state index in [0.717, 1.165) is 36.4 Å². The number of anilines is 1. The summed E-state index contributed by atoms with van der Waals surface area (Å²) in [6.07, 6.45) is -5.11. The van der Waals surface area contributed by atoms with Crippen LogP contribution in [0.4, 0.5) is 27.6 Å². The minimum atomic E-state index is -5.11. The third kappa shape index (κ3) is 5.61. The van der Waals surface area contributed by atoms with Gasteiger partial charge in [0.1, 0.15) is 10.6 Å². The summed E-state index contributed by atoms with van der Waals surface area (Å²) in [5.41, 5.74) is -0.242. The summed E-state index contributed by atoms with van der Waals surface area (Å²) in [5, 5.41) is 0. The largest absolute Gasteiger partial charge is 0.573 e. The second-order valence-corrected chi connectivity index (χ2v) is 6.50. The fourth-order valence-corrected chi connectivity index (χ4v) is 3.20. The van der Waals surface area contributed by atoms with Gasteiger partial charge in [0.05, 0.1) is 12.8 Å². The van der Waals surface area contributed by atoms with Gasteiger partial charge in [0.2, 0.25) is 0 Å². The maximum Gasteiger partial charge on any atom is 0.573 e. The highest BCUT2D eigenvalue weighted by Crippen LogP contribution is 2.34. The Bertz CT molecular complexity index is 902. The fourth-order valence-electron chi connectivity index (χ4n) is 2.02. The van der Waals surface area contributed by atoms with E-state index in [2.05, 4.69) is 9.47 Å². The number of sulfonamides is 1. The predicted octanol–water partition coefficient (Wildman–Crippen LogP) is 4.00. The molecule has 27 heavy (non-hydrogen) atoms. The quantitative estimate of drug-likeness (QED) is 0.695. The Morgan fingerprint density at radius 3 is 2.26 bits per heavy atom. The molecule has 12 heteroatoms. The van der Waals surface area contributed by atoms with E-state index in [1.165, 1.54) is 13.2 Å². The number of methoxy groups -OCH3 is 1. The van der Waals surface area contributed by atoms with Crippen molar-refractivity contribution >= 4 is 15.7 Å². The number of hydrogen-bond acceptors (Lipinski definition) is 5. The van der Waals surface area contributed by atoms with Crippen molar-refractivity contribution in [2.24, 2.45) is 0 Å². The lowest BCUT2D eigenvalue weighted by Crippen LogP contribution is -2.20. The molecular weight excluding hydrogens is 401 g/mol. The van der Waals surface area contributed by atoms with Crippen molar-refractivity contribution in [1.82, 2.24) is 0 Å². The number of hydrogen-bond donors (Lipinski definition) is 1. The average Bonchev–Trinajstić information content (AvgIpc) is 2.53. The van der Waals surface area contributed by atoms with Gasteiger partial charge in [-0.25, -0.2) is 8.42 Å². The molecule has 0 saturated carbocycles. The van der Waals surface area contributed by atoms with Crippen LogP contribution >= 0.6 is 0 Å². The lowest BCUT2D eigenvalue weighted by Gasteiger charge is -2.15. The molecule has 0 aliphatic heterocycles. The van der Waals surface area contributed by atoms with E-state index in [4.69, 9.17) is 4.74 Å². The van der Waals surface area contributed by atoms with Crippen molar-refractivity contribution in [2.45, 2.75) is 17.9 Å². The van der Waals surface area contributed by atoms with Gasteiger partial charge < -0.3 is 14.2 Å².